The van der Waals surface area contributed by atoms with Crippen molar-refractivity contribution in [1.82, 2.24) is 4.98 Å². The molecule has 1 N–H and O–H groups in total. The minimum atomic E-state index is -0.250. The van der Waals surface area contributed by atoms with Gasteiger partial charge in [0, 0.05) is 16.9 Å². The van der Waals surface area contributed by atoms with Crippen LogP contribution in [-0.4, -0.2) is 31.0 Å². The number of aromatic nitrogens is 1. The fraction of sp³-hybridized carbons (Fsp3) is 0.452. The molecule has 2 aromatic carbocycles. The third kappa shape index (κ3) is 8.09. The molecular formula is C31H39BClFN2OS. The van der Waals surface area contributed by atoms with E-state index in [4.69, 9.17) is 28.1 Å². The van der Waals surface area contributed by atoms with Crippen LogP contribution in [0.25, 0.3) is 11.3 Å². The fourth-order valence-electron chi connectivity index (χ4n) is 4.30. The number of hydrogen-bond donors (Lipinski definition) is 1. The van der Waals surface area contributed by atoms with Crippen molar-refractivity contribution in [2.45, 2.75) is 73.3 Å². The second-order valence-corrected chi connectivity index (χ2v) is 10.8. The second-order valence-electron chi connectivity index (χ2n) is 9.23. The summed E-state index contributed by atoms with van der Waals surface area (Å²) in [5.74, 6) is 3.32. The van der Waals surface area contributed by atoms with Gasteiger partial charge >= 0.3 is 0 Å². The van der Waals surface area contributed by atoms with E-state index in [-0.39, 0.29) is 18.4 Å². The van der Waals surface area contributed by atoms with E-state index in [2.05, 4.69) is 51.6 Å². The fourth-order valence-corrected chi connectivity index (χ4v) is 5.58. The quantitative estimate of drug-likeness (QED) is 0.226. The van der Waals surface area contributed by atoms with Crippen molar-refractivity contribution < 1.29 is 9.50 Å². The molecule has 3 aromatic rings. The molecule has 38 heavy (non-hydrogen) atoms. The highest BCUT2D eigenvalue weighted by Gasteiger charge is 2.32. The molecular weight excluding hydrogens is 514 g/mol. The predicted octanol–water partition coefficient (Wildman–Crippen LogP) is 8.20. The highest BCUT2D eigenvalue weighted by atomic mass is 35.5. The van der Waals surface area contributed by atoms with Crippen molar-refractivity contribution in [3.63, 3.8) is 0 Å². The highest BCUT2D eigenvalue weighted by molar-refractivity contribution is 7.16. The highest BCUT2D eigenvalue weighted by Crippen LogP contribution is 2.44. The average molecular weight is 553 g/mol. The number of nitrogens with zero attached hydrogens (tertiary/aromatic N) is 2. The average Bonchev–Trinajstić information content (AvgIpc) is 3.64. The summed E-state index contributed by atoms with van der Waals surface area (Å²) in [5, 5.41) is 8.91. The molecule has 1 aliphatic rings. The third-order valence-electron chi connectivity index (χ3n) is 6.60. The standard InChI is InChI=1S/C28H30ClFN2S.C2H6.CH3BO/c1-6-12-32(26(15-20-8-9-20)22-11-10-21(7-2)25(30)16-22)28-31-27(19(5)33-28)23-13-17(3)18(4)14-24(23)29;1-2;2-1-3/h1,10-11,13-14,16,20,26H,7-9,12,15H2,2-5H3;1-2H3;3H,1H2. The Labute approximate surface area is 238 Å². The minimum absolute atomic E-state index is 0.0115. The SMILES string of the molecule is C#CCN(c1nc(-c2cc(C)c(C)cc2Cl)c(C)s1)C(CC1CC1)c1ccc(CC)c(F)c1.CC.[B]CO. The number of hydrogen-bond acceptors (Lipinski definition) is 4. The van der Waals surface area contributed by atoms with E-state index in [1.807, 2.05) is 32.9 Å². The molecule has 1 fully saturated rings. The molecule has 7 heteroatoms. The molecule has 4 rings (SSSR count). The number of halogens is 2. The molecule has 0 saturated heterocycles. The number of aliphatic hydroxyl groups excluding tert-OH is 1. The van der Waals surface area contributed by atoms with Crippen LogP contribution in [0.4, 0.5) is 9.52 Å². The molecule has 0 amide bonds. The number of thiazole rings is 1. The van der Waals surface area contributed by atoms with E-state index < -0.39 is 0 Å². The number of aryl methyl sites for hydroxylation is 4. The first-order chi connectivity index (χ1) is 18.2. The van der Waals surface area contributed by atoms with Crippen LogP contribution in [0, 0.1) is 44.9 Å². The zero-order chi connectivity index (χ0) is 28.4. The Hall–Kier alpha value is -2.33. The summed E-state index contributed by atoms with van der Waals surface area (Å²) in [6.45, 7) is 12.4. The van der Waals surface area contributed by atoms with Crippen LogP contribution in [0.3, 0.4) is 0 Å². The second kappa shape index (κ2) is 15.3. The minimum Gasteiger partial charge on any atom is -0.406 e. The Kier molecular flexibility index (Phi) is 12.9. The van der Waals surface area contributed by atoms with Crippen molar-refractivity contribution in [2.24, 2.45) is 5.92 Å². The number of anilines is 1. The van der Waals surface area contributed by atoms with Crippen LogP contribution in [0.1, 0.15) is 73.2 Å². The van der Waals surface area contributed by atoms with Crippen LogP contribution >= 0.6 is 22.9 Å². The zero-order valence-electron chi connectivity index (χ0n) is 23.4. The maximum absolute atomic E-state index is 14.7. The van der Waals surface area contributed by atoms with Crippen LogP contribution in [0.5, 0.6) is 0 Å². The lowest BCUT2D eigenvalue weighted by molar-refractivity contribution is 0.369. The van der Waals surface area contributed by atoms with Gasteiger partial charge in [0.15, 0.2) is 5.13 Å². The molecule has 1 atom stereocenters. The van der Waals surface area contributed by atoms with Crippen LogP contribution in [0.2, 0.25) is 5.02 Å². The molecule has 0 bridgehead atoms. The summed E-state index contributed by atoms with van der Waals surface area (Å²) < 4.78 is 14.7. The van der Waals surface area contributed by atoms with Gasteiger partial charge < -0.3 is 10.0 Å². The molecule has 1 aliphatic carbocycles. The van der Waals surface area contributed by atoms with Gasteiger partial charge in [0.05, 0.1) is 23.3 Å². The molecule has 0 spiro atoms. The van der Waals surface area contributed by atoms with Crippen molar-refractivity contribution in [3.8, 4) is 23.6 Å². The summed E-state index contributed by atoms with van der Waals surface area (Å²) in [7, 11) is 4.40. The van der Waals surface area contributed by atoms with Crippen LogP contribution in [-0.2, 0) is 6.42 Å². The summed E-state index contributed by atoms with van der Waals surface area (Å²) >= 11 is 8.24. The summed E-state index contributed by atoms with van der Waals surface area (Å²) in [6, 6.07) is 9.75. The molecule has 2 radical (unpaired) electrons. The Morgan fingerprint density at radius 3 is 2.39 bits per heavy atom. The van der Waals surface area contributed by atoms with E-state index in [1.165, 1.54) is 18.4 Å². The third-order valence-corrected chi connectivity index (χ3v) is 7.92. The van der Waals surface area contributed by atoms with Gasteiger partial charge in [-0.3, -0.25) is 0 Å². The maximum atomic E-state index is 14.7. The van der Waals surface area contributed by atoms with E-state index >= 15 is 0 Å². The normalized spacial score (nSPS) is 12.9. The Bertz CT molecular complexity index is 1240. The summed E-state index contributed by atoms with van der Waals surface area (Å²) in [5.41, 5.74) is 5.88. The maximum Gasteiger partial charge on any atom is 0.187 e. The van der Waals surface area contributed by atoms with Gasteiger partial charge in [-0.15, -0.1) is 17.8 Å². The van der Waals surface area contributed by atoms with Gasteiger partial charge in [0.2, 0.25) is 0 Å². The Balaban J connectivity index is 0.000000947. The topological polar surface area (TPSA) is 36.4 Å². The molecule has 1 unspecified atom stereocenters. The Morgan fingerprint density at radius 1 is 1.21 bits per heavy atom. The zero-order valence-corrected chi connectivity index (χ0v) is 25.0. The van der Waals surface area contributed by atoms with Gasteiger partial charge in [0.1, 0.15) is 13.7 Å². The predicted molar refractivity (Wildman–Crippen MR) is 163 cm³/mol. The van der Waals surface area contributed by atoms with Crippen molar-refractivity contribution in [2.75, 3.05) is 18.0 Å². The molecule has 1 heterocycles. The molecule has 3 nitrogen and oxygen atoms in total. The first kappa shape index (κ1) is 31.9. The van der Waals surface area contributed by atoms with E-state index in [0.717, 1.165) is 44.4 Å². The van der Waals surface area contributed by atoms with E-state index in [9.17, 15) is 4.39 Å². The van der Waals surface area contributed by atoms with Crippen molar-refractivity contribution in [3.05, 3.63) is 68.3 Å². The smallest absolute Gasteiger partial charge is 0.187 e. The lowest BCUT2D eigenvalue weighted by Crippen LogP contribution is -2.29. The number of rotatable bonds is 8. The van der Waals surface area contributed by atoms with Gasteiger partial charge in [-0.05, 0) is 80.0 Å². The summed E-state index contributed by atoms with van der Waals surface area (Å²) in [6.07, 6.45) is 9.88. The largest absolute Gasteiger partial charge is 0.406 e. The summed E-state index contributed by atoms with van der Waals surface area (Å²) in [4.78, 5) is 8.30. The lowest BCUT2D eigenvalue weighted by atomic mass is 9.97. The first-order valence-electron chi connectivity index (χ1n) is 13.3. The van der Waals surface area contributed by atoms with Gasteiger partial charge in [-0.1, -0.05) is 63.3 Å². The molecule has 0 aliphatic heterocycles. The van der Waals surface area contributed by atoms with Crippen LogP contribution in [0.15, 0.2) is 30.3 Å². The Morgan fingerprint density at radius 2 is 1.84 bits per heavy atom. The number of benzene rings is 2. The number of aliphatic hydroxyl groups is 1. The van der Waals surface area contributed by atoms with Gasteiger partial charge in [-0.25, -0.2) is 9.37 Å². The number of terminal acetylenes is 1. The van der Waals surface area contributed by atoms with Crippen LogP contribution < -0.4 is 4.90 Å². The van der Waals surface area contributed by atoms with E-state index in [0.29, 0.717) is 23.9 Å². The van der Waals surface area contributed by atoms with Gasteiger partial charge in [0.25, 0.3) is 0 Å². The first-order valence-corrected chi connectivity index (χ1v) is 14.5. The molecule has 1 aromatic heterocycles. The van der Waals surface area contributed by atoms with Gasteiger partial charge in [-0.2, -0.15) is 0 Å². The molecule has 202 valence electrons. The van der Waals surface area contributed by atoms with E-state index in [1.54, 1.807) is 17.4 Å². The monoisotopic (exact) mass is 552 g/mol. The van der Waals surface area contributed by atoms with Crippen molar-refractivity contribution >= 4 is 35.9 Å². The molecule has 1 saturated carbocycles. The lowest BCUT2D eigenvalue weighted by Gasteiger charge is -2.31. The van der Waals surface area contributed by atoms with Crippen molar-refractivity contribution in [1.29, 1.82) is 0 Å².